The molecule has 0 saturated carbocycles. The van der Waals surface area contributed by atoms with Gasteiger partial charge >= 0.3 is 37.7 Å². The van der Waals surface area contributed by atoms with Gasteiger partial charge in [0, 0.05) is 96.7 Å². The fourth-order valence-electron chi connectivity index (χ4n) is 0. The van der Waals surface area contributed by atoms with Crippen LogP contribution in [0.5, 0.6) is 0 Å². The third kappa shape index (κ3) is 23.9. The number of hydrogen-bond acceptors (Lipinski definition) is 0. The monoisotopic (exact) mass is 369 g/mol. The van der Waals surface area contributed by atoms with E-state index in [1.54, 1.807) is 0 Å². The molecule has 0 atom stereocenters. The average molecular weight is 372 g/mol. The Kier molecular flexibility index (Phi) is 276. The minimum atomic E-state index is 0. The molecular weight excluding hydrogens is 368 g/mol. The molecule has 0 aromatic rings. The van der Waals surface area contributed by atoms with Gasteiger partial charge in [-0.15, -0.1) is 0 Å². The van der Waals surface area contributed by atoms with Crippen molar-refractivity contribution in [3.05, 3.63) is 0 Å². The van der Waals surface area contributed by atoms with Crippen LogP contribution in [0.4, 0.5) is 0 Å². The van der Waals surface area contributed by atoms with E-state index in [1.165, 1.54) is 0 Å². The van der Waals surface area contributed by atoms with E-state index in [0.717, 1.165) is 0 Å². The van der Waals surface area contributed by atoms with Gasteiger partial charge in [-0.25, -0.2) is 0 Å². The zero-order valence-electron chi connectivity index (χ0n) is 2.16. The van der Waals surface area contributed by atoms with Gasteiger partial charge < -0.3 is 5.48 Å². The Balaban J connectivity index is 0. The van der Waals surface area contributed by atoms with E-state index >= 15 is 0 Å². The smallest absolute Gasteiger partial charge is 0 e. The van der Waals surface area contributed by atoms with Crippen LogP contribution in [-0.4, -0.2) is 43.2 Å². The molecule has 0 fully saturated rings. The van der Waals surface area contributed by atoms with Gasteiger partial charge in [0.05, 0.1) is 0 Å². The summed E-state index contributed by atoms with van der Waals surface area (Å²) in [5.41, 5.74) is 0. The normalized spacial score (nSPS) is 0. The summed E-state index contributed by atoms with van der Waals surface area (Å²) in [6.45, 7) is 0. The molecule has 0 aliphatic carbocycles. The topological polar surface area (TPSA) is 31.5 Å². The first kappa shape index (κ1) is 48.0. The summed E-state index contributed by atoms with van der Waals surface area (Å²) in [5, 5.41) is 0. The molecule has 6 heteroatoms. The predicted octanol–water partition coefficient (Wildman–Crippen LogP) is -1.75. The summed E-state index contributed by atoms with van der Waals surface area (Å²) in [6, 6.07) is 0. The van der Waals surface area contributed by atoms with Crippen molar-refractivity contribution in [2.45, 2.75) is 0 Å². The largest absolute Gasteiger partial charge is 0 e. The zero-order valence-corrected chi connectivity index (χ0v) is 8.97. The molecule has 1 radical (unpaired) electrons. The molecule has 0 aliphatic heterocycles. The number of rotatable bonds is 0. The fraction of sp³-hybridized carbons (Fsp3) is 0. The van der Waals surface area contributed by atoms with Crippen LogP contribution in [0, 0.1) is 40.8 Å². The van der Waals surface area contributed by atoms with Gasteiger partial charge in [-0.2, -0.15) is 0 Å². The average Bonchev–Trinajstić information content (AvgIpc) is 0. The molecule has 6 heavy (non-hydrogen) atoms. The molecule has 0 heterocycles. The molecule has 0 bridgehead atoms. The molecular formula is H4CaCuFeNdOTi. The Hall–Kier alpha value is 4.32. The summed E-state index contributed by atoms with van der Waals surface area (Å²) in [6.07, 6.45) is 0. The van der Waals surface area contributed by atoms with E-state index < -0.39 is 0 Å². The third-order valence-corrected chi connectivity index (χ3v) is 0. The van der Waals surface area contributed by atoms with Crippen LogP contribution in [0.15, 0.2) is 0 Å². The summed E-state index contributed by atoms with van der Waals surface area (Å²) >= 11 is 0. The first-order valence-corrected chi connectivity index (χ1v) is 0. The van der Waals surface area contributed by atoms with E-state index in [2.05, 4.69) is 0 Å². The first-order chi connectivity index (χ1) is 0. The SMILES string of the molecule is O.[CaH2].[Cu].[Fe].[Nd].[Ti]. The van der Waals surface area contributed by atoms with E-state index in [9.17, 15) is 0 Å². The second-order valence-electron chi connectivity index (χ2n) is 0. The van der Waals surface area contributed by atoms with Crippen LogP contribution in [0.1, 0.15) is 0 Å². The molecule has 39 valence electrons. The molecule has 0 saturated heterocycles. The van der Waals surface area contributed by atoms with E-state index in [-0.39, 0.29) is 140 Å². The van der Waals surface area contributed by atoms with Crippen molar-refractivity contribution in [2.24, 2.45) is 0 Å². The van der Waals surface area contributed by atoms with E-state index in [0.29, 0.717) is 0 Å². The van der Waals surface area contributed by atoms with Crippen LogP contribution >= 0.6 is 0 Å². The second-order valence-corrected chi connectivity index (χ2v) is 0. The van der Waals surface area contributed by atoms with Crippen LogP contribution in [-0.2, 0) is 55.9 Å². The van der Waals surface area contributed by atoms with Crippen molar-refractivity contribution in [3.63, 3.8) is 0 Å². The quantitative estimate of drug-likeness (QED) is 0.453. The van der Waals surface area contributed by atoms with Crippen molar-refractivity contribution in [1.82, 2.24) is 0 Å². The third-order valence-electron chi connectivity index (χ3n) is 0. The Morgan fingerprint density at radius 1 is 1.00 bits per heavy atom. The van der Waals surface area contributed by atoms with Gasteiger partial charge in [0.2, 0.25) is 0 Å². The molecule has 1 nitrogen and oxygen atoms in total. The molecule has 0 rings (SSSR count). The van der Waals surface area contributed by atoms with Crippen molar-refractivity contribution in [1.29, 1.82) is 0 Å². The van der Waals surface area contributed by atoms with Crippen LogP contribution in [0.3, 0.4) is 0 Å². The fourth-order valence-corrected chi connectivity index (χ4v) is 0. The Labute approximate surface area is 136 Å². The number of hydrogen-bond donors (Lipinski definition) is 0. The maximum atomic E-state index is 0. The van der Waals surface area contributed by atoms with E-state index in [1.807, 2.05) is 0 Å². The maximum Gasteiger partial charge on any atom is 0 e. The van der Waals surface area contributed by atoms with Gasteiger partial charge in [0.1, 0.15) is 0 Å². The Morgan fingerprint density at radius 2 is 1.00 bits per heavy atom. The zero-order chi connectivity index (χ0) is 0. The molecule has 0 unspecified atom stereocenters. The maximum absolute atomic E-state index is 0. The predicted molar refractivity (Wildman–Crippen MR) is 12.2 cm³/mol. The van der Waals surface area contributed by atoms with Crippen molar-refractivity contribution >= 4 is 37.7 Å². The van der Waals surface area contributed by atoms with Gasteiger partial charge in [-0.1, -0.05) is 0 Å². The summed E-state index contributed by atoms with van der Waals surface area (Å²) < 4.78 is 0. The Morgan fingerprint density at radius 3 is 1.00 bits per heavy atom. The van der Waals surface area contributed by atoms with E-state index in [4.69, 9.17) is 0 Å². The van der Waals surface area contributed by atoms with Gasteiger partial charge in [0.15, 0.2) is 0 Å². The van der Waals surface area contributed by atoms with Crippen LogP contribution < -0.4 is 0 Å². The molecule has 0 amide bonds. The van der Waals surface area contributed by atoms with Gasteiger partial charge in [-0.3, -0.25) is 0 Å². The van der Waals surface area contributed by atoms with Crippen molar-refractivity contribution < 1.29 is 102 Å². The minimum Gasteiger partial charge on any atom is 0 e. The second kappa shape index (κ2) is 34.6. The summed E-state index contributed by atoms with van der Waals surface area (Å²) in [5.74, 6) is 0. The van der Waals surface area contributed by atoms with Gasteiger partial charge in [-0.05, 0) is 0 Å². The molecule has 0 aromatic carbocycles. The van der Waals surface area contributed by atoms with Gasteiger partial charge in [0.25, 0.3) is 0 Å². The minimum absolute atomic E-state index is 0. The first-order valence-electron chi connectivity index (χ1n) is 0. The summed E-state index contributed by atoms with van der Waals surface area (Å²) in [7, 11) is 0. The molecule has 0 spiro atoms. The van der Waals surface area contributed by atoms with Crippen molar-refractivity contribution in [2.75, 3.05) is 0 Å². The summed E-state index contributed by atoms with van der Waals surface area (Å²) in [4.78, 5) is 0. The Bertz CT molecular complexity index is 15.5. The molecule has 0 aromatic heterocycles. The van der Waals surface area contributed by atoms with Crippen LogP contribution in [0.2, 0.25) is 0 Å². The molecule has 2 N–H and O–H groups in total. The van der Waals surface area contributed by atoms with Crippen molar-refractivity contribution in [3.8, 4) is 0 Å². The van der Waals surface area contributed by atoms with Crippen LogP contribution in [0.25, 0.3) is 0 Å². The molecule has 0 aliphatic rings. The standard InChI is InChI=1S/Ca.Cu.Fe.Nd.H2O.Ti.2H/h;;;;1H2;;;.